The van der Waals surface area contributed by atoms with Crippen LogP contribution in [0.25, 0.3) is 0 Å². The van der Waals surface area contributed by atoms with E-state index < -0.39 is 23.7 Å². The van der Waals surface area contributed by atoms with Crippen LogP contribution in [-0.4, -0.2) is 54.4 Å². The topological polar surface area (TPSA) is 107 Å². The first kappa shape index (κ1) is 33.3. The van der Waals surface area contributed by atoms with Gasteiger partial charge in [0.05, 0.1) is 19.8 Å². The molecule has 222 valence electrons. The summed E-state index contributed by atoms with van der Waals surface area (Å²) in [4.78, 5) is 29.1. The number of nitrogens with zero attached hydrogens (tertiary/aromatic N) is 1. The molecule has 2 unspecified atom stereocenters. The van der Waals surface area contributed by atoms with Crippen LogP contribution in [0, 0.1) is 12.8 Å². The number of ether oxygens (including phenoxy) is 3. The van der Waals surface area contributed by atoms with Gasteiger partial charge in [-0.2, -0.15) is 0 Å². The van der Waals surface area contributed by atoms with Gasteiger partial charge in [0.15, 0.2) is 23.2 Å². The molecule has 2 aromatic carbocycles. The molecule has 1 aliphatic heterocycles. The molecule has 1 aromatic heterocycles. The lowest BCUT2D eigenvalue weighted by atomic mass is 9.95. The average molecular weight is 565 g/mol. The van der Waals surface area contributed by atoms with Crippen LogP contribution >= 0.6 is 0 Å². The summed E-state index contributed by atoms with van der Waals surface area (Å²) in [6.07, 6.45) is 4.69. The molecule has 3 aromatic rings. The second-order valence-electron chi connectivity index (χ2n) is 9.66. The molecule has 0 spiro atoms. The monoisotopic (exact) mass is 564 g/mol. The van der Waals surface area contributed by atoms with Gasteiger partial charge < -0.3 is 24.6 Å². The van der Waals surface area contributed by atoms with E-state index >= 15 is 0 Å². The fourth-order valence-electron chi connectivity index (χ4n) is 4.36. The van der Waals surface area contributed by atoms with Gasteiger partial charge >= 0.3 is 5.97 Å². The Morgan fingerprint density at radius 3 is 2.32 bits per heavy atom. The SMILES string of the molecule is CC.COc1ccnc(C(=O)N[C@H]2COCC(CCCc3ccccc3)CC(C)OC2=O)c1O.Cc1ccccc1. The molecule has 1 aliphatic rings. The zero-order valence-corrected chi connectivity index (χ0v) is 24.8. The Bertz CT molecular complexity index is 1170. The molecule has 1 fully saturated rings. The summed E-state index contributed by atoms with van der Waals surface area (Å²) in [5.74, 6) is -1.31. The third-order valence-electron chi connectivity index (χ3n) is 6.39. The van der Waals surface area contributed by atoms with E-state index in [4.69, 9.17) is 14.2 Å². The zero-order chi connectivity index (χ0) is 30.0. The summed E-state index contributed by atoms with van der Waals surface area (Å²) in [5.41, 5.74) is 2.39. The van der Waals surface area contributed by atoms with Crippen LogP contribution in [-0.2, 0) is 20.7 Å². The molecule has 1 saturated heterocycles. The third kappa shape index (κ3) is 11.6. The molecular weight excluding hydrogens is 520 g/mol. The highest BCUT2D eigenvalue weighted by atomic mass is 16.5. The highest BCUT2D eigenvalue weighted by Gasteiger charge is 2.29. The third-order valence-corrected chi connectivity index (χ3v) is 6.39. The van der Waals surface area contributed by atoms with Crippen molar-refractivity contribution in [2.24, 2.45) is 5.92 Å². The van der Waals surface area contributed by atoms with Crippen LogP contribution in [0.5, 0.6) is 11.5 Å². The van der Waals surface area contributed by atoms with Crippen molar-refractivity contribution in [1.82, 2.24) is 10.3 Å². The minimum Gasteiger partial charge on any atom is -0.503 e. The van der Waals surface area contributed by atoms with Crippen molar-refractivity contribution in [1.29, 1.82) is 0 Å². The van der Waals surface area contributed by atoms with Crippen molar-refractivity contribution >= 4 is 11.9 Å². The largest absolute Gasteiger partial charge is 0.503 e. The predicted octanol–water partition coefficient (Wildman–Crippen LogP) is 5.91. The van der Waals surface area contributed by atoms with Gasteiger partial charge in [-0.05, 0) is 51.0 Å². The lowest BCUT2D eigenvalue weighted by molar-refractivity contribution is -0.151. The van der Waals surface area contributed by atoms with E-state index in [9.17, 15) is 14.7 Å². The summed E-state index contributed by atoms with van der Waals surface area (Å²) >= 11 is 0. The lowest BCUT2D eigenvalue weighted by Crippen LogP contribution is -2.45. The smallest absolute Gasteiger partial charge is 0.331 e. The summed E-state index contributed by atoms with van der Waals surface area (Å²) in [6, 6.07) is 21.0. The molecule has 0 radical (unpaired) electrons. The Labute approximate surface area is 244 Å². The number of methoxy groups -OCH3 is 1. The zero-order valence-electron chi connectivity index (χ0n) is 24.8. The number of amides is 1. The molecule has 0 aliphatic carbocycles. The molecule has 3 atom stereocenters. The standard InChI is InChI=1S/C24H30N2O6.C7H8.C2H6/c1-16-13-18(10-6-9-17-7-4-3-5-8-17)14-31-15-19(24(29)32-16)26-23(28)21-22(27)20(30-2)11-12-25-21;1-7-5-3-2-4-6-7;1-2/h3-5,7-8,11-12,16,18-19,27H,6,9-10,13-15H2,1-2H3,(H,26,28);2-6H,1H3;1-2H3/t16?,18?,19-;;/m0../s1. The number of aromatic nitrogens is 1. The Morgan fingerprint density at radius 1 is 1.05 bits per heavy atom. The van der Waals surface area contributed by atoms with E-state index in [0.29, 0.717) is 13.0 Å². The average Bonchev–Trinajstić information content (AvgIpc) is 3.04. The normalized spacial score (nSPS) is 18.5. The first-order valence-electron chi connectivity index (χ1n) is 14.2. The fourth-order valence-corrected chi connectivity index (χ4v) is 4.36. The molecular formula is C33H44N2O6. The number of esters is 1. The molecule has 2 N–H and O–H groups in total. The Hall–Kier alpha value is -3.91. The van der Waals surface area contributed by atoms with Crippen LogP contribution < -0.4 is 10.1 Å². The van der Waals surface area contributed by atoms with Crippen LogP contribution in [0.15, 0.2) is 72.9 Å². The van der Waals surface area contributed by atoms with Gasteiger partial charge in [-0.15, -0.1) is 0 Å². The number of carbonyl (C=O) groups excluding carboxylic acids is 2. The number of nitrogens with one attached hydrogen (secondary N) is 1. The lowest BCUT2D eigenvalue weighted by Gasteiger charge is -2.19. The maximum absolute atomic E-state index is 12.6. The summed E-state index contributed by atoms with van der Waals surface area (Å²) in [6.45, 7) is 8.39. The number of benzene rings is 2. The van der Waals surface area contributed by atoms with Gasteiger partial charge in [0.1, 0.15) is 0 Å². The quantitative estimate of drug-likeness (QED) is 0.344. The molecule has 41 heavy (non-hydrogen) atoms. The van der Waals surface area contributed by atoms with Crippen LogP contribution in [0.2, 0.25) is 0 Å². The van der Waals surface area contributed by atoms with Gasteiger partial charge in [0.25, 0.3) is 5.91 Å². The summed E-state index contributed by atoms with van der Waals surface area (Å²) < 4.78 is 16.3. The number of cyclic esters (lactones) is 1. The van der Waals surface area contributed by atoms with E-state index in [0.717, 1.165) is 19.3 Å². The van der Waals surface area contributed by atoms with Crippen molar-refractivity contribution in [3.05, 3.63) is 89.7 Å². The first-order chi connectivity index (χ1) is 19.9. The number of aromatic hydroxyl groups is 1. The maximum Gasteiger partial charge on any atom is 0.331 e. The fraction of sp³-hybridized carbons (Fsp3) is 0.424. The molecule has 0 saturated carbocycles. The molecule has 0 bridgehead atoms. The van der Waals surface area contributed by atoms with Gasteiger partial charge in [0.2, 0.25) is 0 Å². The van der Waals surface area contributed by atoms with Crippen LogP contribution in [0.3, 0.4) is 0 Å². The first-order valence-corrected chi connectivity index (χ1v) is 14.2. The second kappa shape index (κ2) is 18.4. The predicted molar refractivity (Wildman–Crippen MR) is 160 cm³/mol. The molecule has 8 nitrogen and oxygen atoms in total. The van der Waals surface area contributed by atoms with Crippen molar-refractivity contribution in [3.63, 3.8) is 0 Å². The maximum atomic E-state index is 12.6. The number of rotatable bonds is 7. The van der Waals surface area contributed by atoms with E-state index in [1.165, 1.54) is 30.5 Å². The number of aryl methyl sites for hydroxylation is 2. The van der Waals surface area contributed by atoms with Gasteiger partial charge in [-0.3, -0.25) is 4.79 Å². The van der Waals surface area contributed by atoms with Gasteiger partial charge in [-0.25, -0.2) is 9.78 Å². The molecule has 2 heterocycles. The highest BCUT2D eigenvalue weighted by Crippen LogP contribution is 2.27. The molecule has 1 amide bonds. The Kier molecular flexibility index (Phi) is 15.0. The van der Waals surface area contributed by atoms with E-state index in [1.54, 1.807) is 0 Å². The van der Waals surface area contributed by atoms with Crippen molar-refractivity contribution in [2.45, 2.75) is 65.5 Å². The Morgan fingerprint density at radius 2 is 1.71 bits per heavy atom. The number of hydrogen-bond acceptors (Lipinski definition) is 7. The minimum absolute atomic E-state index is 0.0167. The molecule has 4 rings (SSSR count). The summed E-state index contributed by atoms with van der Waals surface area (Å²) in [5, 5.41) is 12.7. The number of carbonyl (C=O) groups is 2. The van der Waals surface area contributed by atoms with Crippen molar-refractivity contribution in [2.75, 3.05) is 20.3 Å². The van der Waals surface area contributed by atoms with Crippen molar-refractivity contribution in [3.8, 4) is 11.5 Å². The van der Waals surface area contributed by atoms with Gasteiger partial charge in [0, 0.05) is 18.9 Å². The minimum atomic E-state index is -1.000. The van der Waals surface area contributed by atoms with E-state index in [2.05, 4.69) is 41.5 Å². The second-order valence-corrected chi connectivity index (χ2v) is 9.66. The van der Waals surface area contributed by atoms with E-state index in [-0.39, 0.29) is 30.1 Å². The molecule has 8 heteroatoms. The highest BCUT2D eigenvalue weighted by molar-refractivity contribution is 5.98. The number of hydrogen-bond donors (Lipinski definition) is 2. The van der Waals surface area contributed by atoms with Crippen molar-refractivity contribution < 1.29 is 28.9 Å². The number of pyridine rings is 1. The van der Waals surface area contributed by atoms with Crippen LogP contribution in [0.1, 0.15) is 61.6 Å². The Balaban J connectivity index is 0.000000561. The van der Waals surface area contributed by atoms with Crippen LogP contribution in [0.4, 0.5) is 0 Å². The van der Waals surface area contributed by atoms with Gasteiger partial charge in [-0.1, -0.05) is 80.1 Å². The van der Waals surface area contributed by atoms with E-state index in [1.807, 2.05) is 57.2 Å². The summed E-state index contributed by atoms with van der Waals surface area (Å²) in [7, 11) is 1.37.